The highest BCUT2D eigenvalue weighted by Crippen LogP contribution is 2.28. The van der Waals surface area contributed by atoms with E-state index in [1.54, 1.807) is 0 Å². The molecule has 21 heavy (non-hydrogen) atoms. The third-order valence-electron chi connectivity index (χ3n) is 3.73. The van der Waals surface area contributed by atoms with Crippen LogP contribution in [-0.2, 0) is 17.8 Å². The van der Waals surface area contributed by atoms with Crippen molar-refractivity contribution in [3.63, 3.8) is 0 Å². The Morgan fingerprint density at radius 2 is 2.33 bits per heavy atom. The van der Waals surface area contributed by atoms with Gasteiger partial charge in [-0.1, -0.05) is 13.0 Å². The monoisotopic (exact) mass is 288 g/mol. The van der Waals surface area contributed by atoms with Crippen LogP contribution >= 0.6 is 0 Å². The molecule has 0 bridgehead atoms. The van der Waals surface area contributed by atoms with Crippen LogP contribution in [0.1, 0.15) is 37.1 Å². The molecule has 2 rings (SSSR count). The lowest BCUT2D eigenvalue weighted by Gasteiger charge is -2.28. The molecule has 112 valence electrons. The molecule has 1 aromatic heterocycles. The summed E-state index contributed by atoms with van der Waals surface area (Å²) in [6, 6.07) is 5.49. The van der Waals surface area contributed by atoms with Crippen molar-refractivity contribution in [1.29, 1.82) is 5.26 Å². The van der Waals surface area contributed by atoms with Gasteiger partial charge in [0.15, 0.2) is 0 Å². The van der Waals surface area contributed by atoms with Crippen molar-refractivity contribution in [1.82, 2.24) is 15.2 Å². The van der Waals surface area contributed by atoms with E-state index >= 15 is 0 Å². The van der Waals surface area contributed by atoms with Gasteiger partial charge in [-0.25, -0.2) is 0 Å². The van der Waals surface area contributed by atoms with Gasteiger partial charge in [-0.15, -0.1) is 0 Å². The summed E-state index contributed by atoms with van der Waals surface area (Å²) in [5.74, 6) is -0.308. The standard InChI is InChI=1S/C15H20N4O2/c1-2-17-12-4-3-5-13-11(12)6-7-15(21)19(13)10-14(20)18-9-8-16/h6-7,12,17H,2-5,9-10H2,1H3,(H,18,20). The van der Waals surface area contributed by atoms with Crippen LogP contribution in [0.5, 0.6) is 0 Å². The molecule has 1 aromatic rings. The summed E-state index contributed by atoms with van der Waals surface area (Å²) in [6.07, 6.45) is 2.84. The van der Waals surface area contributed by atoms with E-state index in [1.165, 1.54) is 10.6 Å². The summed E-state index contributed by atoms with van der Waals surface area (Å²) in [4.78, 5) is 23.8. The van der Waals surface area contributed by atoms with Gasteiger partial charge in [0.2, 0.25) is 5.91 Å². The van der Waals surface area contributed by atoms with Gasteiger partial charge in [-0.3, -0.25) is 9.59 Å². The number of nitrogens with one attached hydrogen (secondary N) is 2. The number of nitriles is 1. The highest BCUT2D eigenvalue weighted by Gasteiger charge is 2.23. The second-order valence-electron chi connectivity index (χ2n) is 5.10. The van der Waals surface area contributed by atoms with Gasteiger partial charge in [0.1, 0.15) is 13.1 Å². The lowest BCUT2D eigenvalue weighted by atomic mass is 9.91. The minimum absolute atomic E-state index is 0.0253. The van der Waals surface area contributed by atoms with E-state index in [9.17, 15) is 9.59 Å². The van der Waals surface area contributed by atoms with Crippen LogP contribution in [0.4, 0.5) is 0 Å². The van der Waals surface area contributed by atoms with Crippen molar-refractivity contribution < 1.29 is 4.79 Å². The predicted octanol–water partition coefficient (Wildman–Crippen LogP) is 0.475. The molecule has 0 aromatic carbocycles. The zero-order valence-corrected chi connectivity index (χ0v) is 12.2. The Morgan fingerprint density at radius 1 is 1.52 bits per heavy atom. The fourth-order valence-electron chi connectivity index (χ4n) is 2.83. The van der Waals surface area contributed by atoms with Gasteiger partial charge in [0.25, 0.3) is 5.56 Å². The first-order chi connectivity index (χ1) is 10.2. The zero-order valence-electron chi connectivity index (χ0n) is 12.2. The Hall–Kier alpha value is -2.13. The van der Waals surface area contributed by atoms with Gasteiger partial charge in [-0.2, -0.15) is 5.26 Å². The largest absolute Gasteiger partial charge is 0.341 e. The fraction of sp³-hybridized carbons (Fsp3) is 0.533. The van der Waals surface area contributed by atoms with Crippen LogP contribution in [0, 0.1) is 11.3 Å². The maximum atomic E-state index is 12.1. The molecule has 1 aliphatic carbocycles. The van der Waals surface area contributed by atoms with Crippen molar-refractivity contribution >= 4 is 5.91 Å². The minimum atomic E-state index is -0.308. The Morgan fingerprint density at radius 3 is 3.05 bits per heavy atom. The normalized spacial score (nSPS) is 16.9. The predicted molar refractivity (Wildman–Crippen MR) is 78.7 cm³/mol. The molecule has 0 aliphatic heterocycles. The van der Waals surface area contributed by atoms with Gasteiger partial charge in [-0.05, 0) is 31.4 Å². The molecule has 0 saturated heterocycles. The molecule has 1 atom stereocenters. The van der Waals surface area contributed by atoms with Crippen LogP contribution in [0.2, 0.25) is 0 Å². The molecule has 1 heterocycles. The maximum Gasteiger partial charge on any atom is 0.251 e. The average molecular weight is 288 g/mol. The average Bonchev–Trinajstić information content (AvgIpc) is 2.48. The Labute approximate surface area is 123 Å². The molecule has 6 nitrogen and oxygen atoms in total. The van der Waals surface area contributed by atoms with E-state index in [1.807, 2.05) is 12.1 Å². The van der Waals surface area contributed by atoms with E-state index in [2.05, 4.69) is 17.6 Å². The molecule has 0 fully saturated rings. The summed E-state index contributed by atoms with van der Waals surface area (Å²) in [7, 11) is 0. The quantitative estimate of drug-likeness (QED) is 0.771. The summed E-state index contributed by atoms with van der Waals surface area (Å²) >= 11 is 0. The van der Waals surface area contributed by atoms with E-state index in [-0.39, 0.29) is 30.6 Å². The third kappa shape index (κ3) is 3.50. The summed E-state index contributed by atoms with van der Waals surface area (Å²) in [6.45, 7) is 2.86. The molecular weight excluding hydrogens is 268 g/mol. The highest BCUT2D eigenvalue weighted by atomic mass is 16.2. The Balaban J connectivity index is 2.29. The number of fused-ring (bicyclic) bond motifs is 1. The number of nitrogens with zero attached hydrogens (tertiary/aromatic N) is 2. The third-order valence-corrected chi connectivity index (χ3v) is 3.73. The molecule has 1 unspecified atom stereocenters. The zero-order chi connectivity index (χ0) is 15.2. The van der Waals surface area contributed by atoms with Gasteiger partial charge in [0.05, 0.1) is 6.07 Å². The number of hydrogen-bond donors (Lipinski definition) is 2. The molecule has 6 heteroatoms. The van der Waals surface area contributed by atoms with Crippen molar-refractivity contribution in [2.24, 2.45) is 0 Å². The minimum Gasteiger partial charge on any atom is -0.341 e. The van der Waals surface area contributed by atoms with E-state index < -0.39 is 0 Å². The summed E-state index contributed by atoms with van der Waals surface area (Å²) < 4.78 is 1.53. The number of carbonyl (C=O) groups is 1. The second-order valence-corrected chi connectivity index (χ2v) is 5.10. The molecule has 2 N–H and O–H groups in total. The van der Waals surface area contributed by atoms with Crippen molar-refractivity contribution in [2.45, 2.75) is 38.8 Å². The number of pyridine rings is 1. The van der Waals surface area contributed by atoms with Crippen molar-refractivity contribution in [3.05, 3.63) is 33.7 Å². The van der Waals surface area contributed by atoms with Crippen LogP contribution in [0.3, 0.4) is 0 Å². The first-order valence-electron chi connectivity index (χ1n) is 7.27. The number of hydrogen-bond acceptors (Lipinski definition) is 4. The molecule has 1 amide bonds. The lowest BCUT2D eigenvalue weighted by Crippen LogP contribution is -2.36. The maximum absolute atomic E-state index is 12.1. The molecular formula is C15H20N4O2. The van der Waals surface area contributed by atoms with Crippen LogP contribution in [0.15, 0.2) is 16.9 Å². The molecule has 0 saturated carbocycles. The summed E-state index contributed by atoms with van der Waals surface area (Å²) in [5, 5.41) is 14.4. The number of rotatable bonds is 5. The molecule has 1 aliphatic rings. The fourth-order valence-corrected chi connectivity index (χ4v) is 2.83. The van der Waals surface area contributed by atoms with E-state index in [0.29, 0.717) is 0 Å². The van der Waals surface area contributed by atoms with Gasteiger partial charge >= 0.3 is 0 Å². The molecule has 0 spiro atoms. The Bertz CT molecular complexity index is 615. The van der Waals surface area contributed by atoms with Crippen LogP contribution < -0.4 is 16.2 Å². The molecule has 0 radical (unpaired) electrons. The smallest absolute Gasteiger partial charge is 0.251 e. The summed E-state index contributed by atoms with van der Waals surface area (Å²) in [5.41, 5.74) is 1.88. The number of aromatic nitrogens is 1. The highest BCUT2D eigenvalue weighted by molar-refractivity contribution is 5.76. The topological polar surface area (TPSA) is 86.9 Å². The van der Waals surface area contributed by atoms with E-state index in [4.69, 9.17) is 5.26 Å². The van der Waals surface area contributed by atoms with E-state index in [0.717, 1.165) is 37.1 Å². The van der Waals surface area contributed by atoms with Crippen molar-refractivity contribution in [3.8, 4) is 6.07 Å². The Kier molecular flexibility index (Phi) is 5.12. The van der Waals surface area contributed by atoms with Gasteiger partial charge < -0.3 is 15.2 Å². The number of carbonyl (C=O) groups excluding carboxylic acids is 1. The van der Waals surface area contributed by atoms with Crippen molar-refractivity contribution in [2.75, 3.05) is 13.1 Å². The SMILES string of the molecule is CCNC1CCCc2c1ccc(=O)n2CC(=O)NCC#N. The first-order valence-corrected chi connectivity index (χ1v) is 7.27. The van der Waals surface area contributed by atoms with Crippen LogP contribution in [0.25, 0.3) is 0 Å². The van der Waals surface area contributed by atoms with Crippen LogP contribution in [-0.4, -0.2) is 23.6 Å². The van der Waals surface area contributed by atoms with Gasteiger partial charge in [0, 0.05) is 17.8 Å². The second kappa shape index (κ2) is 7.04. The lowest BCUT2D eigenvalue weighted by molar-refractivity contribution is -0.121. The number of amides is 1. The first kappa shape index (κ1) is 15.3.